The van der Waals surface area contributed by atoms with Gasteiger partial charge >= 0.3 is 0 Å². The number of nitrogens with zero attached hydrogens (tertiary/aromatic N) is 2. The molecule has 1 heterocycles. The van der Waals surface area contributed by atoms with E-state index in [4.69, 9.17) is 0 Å². The maximum atomic E-state index is 9.52. The second kappa shape index (κ2) is 4.42. The lowest BCUT2D eigenvalue weighted by Gasteiger charge is -2.19. The Morgan fingerprint density at radius 1 is 1.62 bits per heavy atom. The minimum atomic E-state index is -0.421. The highest BCUT2D eigenvalue weighted by Gasteiger charge is 2.33. The van der Waals surface area contributed by atoms with Gasteiger partial charge < -0.3 is 10.0 Å². The van der Waals surface area contributed by atoms with Gasteiger partial charge in [0.1, 0.15) is 5.82 Å². The van der Waals surface area contributed by atoms with Crippen LogP contribution in [0.2, 0.25) is 0 Å². The number of hydrogen-bond donors (Lipinski definition) is 1. The van der Waals surface area contributed by atoms with Crippen molar-refractivity contribution in [1.29, 1.82) is 0 Å². The number of pyridine rings is 1. The first-order chi connectivity index (χ1) is 7.58. The molecule has 1 saturated carbocycles. The summed E-state index contributed by atoms with van der Waals surface area (Å²) in [5.41, 5.74) is 0.931. The fraction of sp³-hybridized carbons (Fsp3) is 0.615. The summed E-state index contributed by atoms with van der Waals surface area (Å²) in [5, 5.41) is 9.52. The molecule has 0 spiro atoms. The van der Waals surface area contributed by atoms with Crippen molar-refractivity contribution in [2.45, 2.75) is 26.4 Å². The molecule has 3 atom stereocenters. The smallest absolute Gasteiger partial charge is 0.128 e. The third kappa shape index (κ3) is 2.53. The van der Waals surface area contributed by atoms with Crippen molar-refractivity contribution in [3.05, 3.63) is 23.9 Å². The maximum absolute atomic E-state index is 9.52. The predicted molar refractivity (Wildman–Crippen MR) is 65.4 cm³/mol. The predicted octanol–water partition coefficient (Wildman–Crippen LogP) is 2.23. The van der Waals surface area contributed by atoms with E-state index in [1.165, 1.54) is 6.42 Å². The quantitative estimate of drug-likeness (QED) is 0.845. The van der Waals surface area contributed by atoms with Gasteiger partial charge in [-0.2, -0.15) is 0 Å². The summed E-state index contributed by atoms with van der Waals surface area (Å²) in [6, 6.07) is 3.83. The molecule has 1 aromatic rings. The van der Waals surface area contributed by atoms with Gasteiger partial charge in [0, 0.05) is 19.8 Å². The first kappa shape index (κ1) is 11.4. The van der Waals surface area contributed by atoms with Gasteiger partial charge in [0.05, 0.1) is 6.10 Å². The molecule has 3 unspecified atom stereocenters. The van der Waals surface area contributed by atoms with Crippen LogP contribution in [0.1, 0.15) is 31.9 Å². The number of aliphatic hydroxyl groups excluding tert-OH is 1. The monoisotopic (exact) mass is 220 g/mol. The lowest BCUT2D eigenvalue weighted by atomic mass is 10.1. The molecule has 1 N–H and O–H groups in total. The number of aromatic nitrogens is 1. The zero-order valence-electron chi connectivity index (χ0n) is 10.2. The number of hydrogen-bond acceptors (Lipinski definition) is 3. The van der Waals surface area contributed by atoms with Crippen LogP contribution in [0.3, 0.4) is 0 Å². The summed E-state index contributed by atoms with van der Waals surface area (Å²) in [7, 11) is 2.07. The molecule has 0 amide bonds. The summed E-state index contributed by atoms with van der Waals surface area (Å²) < 4.78 is 0. The van der Waals surface area contributed by atoms with E-state index in [1.807, 2.05) is 12.1 Å². The van der Waals surface area contributed by atoms with E-state index in [2.05, 4.69) is 23.9 Å². The molecular weight excluding hydrogens is 200 g/mol. The lowest BCUT2D eigenvalue weighted by Crippen LogP contribution is -2.21. The van der Waals surface area contributed by atoms with E-state index < -0.39 is 6.10 Å². The summed E-state index contributed by atoms with van der Waals surface area (Å²) >= 11 is 0. The number of aliphatic hydroxyl groups is 1. The van der Waals surface area contributed by atoms with Gasteiger partial charge in [-0.3, -0.25) is 0 Å². The van der Waals surface area contributed by atoms with Crippen LogP contribution in [0.4, 0.5) is 5.82 Å². The van der Waals surface area contributed by atoms with E-state index in [1.54, 1.807) is 13.1 Å². The Morgan fingerprint density at radius 2 is 2.31 bits per heavy atom. The lowest BCUT2D eigenvalue weighted by molar-refractivity contribution is 0.199. The van der Waals surface area contributed by atoms with Crippen LogP contribution in [0.5, 0.6) is 0 Å². The number of anilines is 1. The molecule has 1 aliphatic carbocycles. The Bertz CT molecular complexity index is 365. The Morgan fingerprint density at radius 3 is 2.88 bits per heavy atom. The van der Waals surface area contributed by atoms with Crippen LogP contribution >= 0.6 is 0 Å². The molecule has 88 valence electrons. The minimum Gasteiger partial charge on any atom is -0.389 e. The van der Waals surface area contributed by atoms with Crippen LogP contribution in [-0.2, 0) is 0 Å². The Labute approximate surface area is 97.1 Å². The van der Waals surface area contributed by atoms with Gasteiger partial charge in [-0.1, -0.05) is 6.92 Å². The molecular formula is C13H20N2O. The average molecular weight is 220 g/mol. The zero-order chi connectivity index (χ0) is 11.7. The van der Waals surface area contributed by atoms with Crippen LogP contribution in [-0.4, -0.2) is 23.7 Å². The highest BCUT2D eigenvalue weighted by molar-refractivity contribution is 5.40. The first-order valence-electron chi connectivity index (χ1n) is 5.93. The van der Waals surface area contributed by atoms with E-state index in [0.717, 1.165) is 29.8 Å². The van der Waals surface area contributed by atoms with Gasteiger partial charge in [-0.15, -0.1) is 0 Å². The third-order valence-corrected chi connectivity index (χ3v) is 3.43. The number of rotatable bonds is 4. The largest absolute Gasteiger partial charge is 0.389 e. The normalized spacial score (nSPS) is 25.2. The maximum Gasteiger partial charge on any atom is 0.128 e. The molecule has 0 aliphatic heterocycles. The molecule has 0 saturated heterocycles. The summed E-state index contributed by atoms with van der Waals surface area (Å²) in [6.07, 6.45) is 2.68. The van der Waals surface area contributed by atoms with Gasteiger partial charge in [-0.25, -0.2) is 4.98 Å². The van der Waals surface area contributed by atoms with Crippen molar-refractivity contribution in [1.82, 2.24) is 4.98 Å². The fourth-order valence-electron chi connectivity index (χ4n) is 2.00. The van der Waals surface area contributed by atoms with Crippen LogP contribution < -0.4 is 4.90 Å². The zero-order valence-corrected chi connectivity index (χ0v) is 10.2. The molecule has 0 radical (unpaired) electrons. The van der Waals surface area contributed by atoms with Crippen molar-refractivity contribution in [3.8, 4) is 0 Å². The van der Waals surface area contributed by atoms with E-state index in [-0.39, 0.29) is 0 Å². The topological polar surface area (TPSA) is 36.4 Å². The van der Waals surface area contributed by atoms with Crippen molar-refractivity contribution < 1.29 is 5.11 Å². The second-order valence-electron chi connectivity index (χ2n) is 4.98. The molecule has 3 nitrogen and oxygen atoms in total. The van der Waals surface area contributed by atoms with Crippen molar-refractivity contribution in [2.75, 3.05) is 18.5 Å². The minimum absolute atomic E-state index is 0.421. The molecule has 16 heavy (non-hydrogen) atoms. The van der Waals surface area contributed by atoms with Crippen molar-refractivity contribution in [3.63, 3.8) is 0 Å². The molecule has 3 heteroatoms. The standard InChI is InChI=1S/C13H20N2O/c1-9-6-12(9)8-15(3)13-7-11(10(2)16)4-5-14-13/h4-5,7,9-10,12,16H,6,8H2,1-3H3. The first-order valence-corrected chi connectivity index (χ1v) is 5.93. The van der Waals surface area contributed by atoms with E-state index in [0.29, 0.717) is 0 Å². The Kier molecular flexibility index (Phi) is 3.15. The van der Waals surface area contributed by atoms with Crippen molar-refractivity contribution >= 4 is 5.82 Å². The van der Waals surface area contributed by atoms with Gasteiger partial charge in [0.15, 0.2) is 0 Å². The average Bonchev–Trinajstić information content (AvgIpc) is 2.94. The van der Waals surface area contributed by atoms with Crippen LogP contribution in [0.25, 0.3) is 0 Å². The molecule has 2 rings (SSSR count). The highest BCUT2D eigenvalue weighted by atomic mass is 16.3. The summed E-state index contributed by atoms with van der Waals surface area (Å²) in [6.45, 7) is 5.14. The van der Waals surface area contributed by atoms with E-state index in [9.17, 15) is 5.11 Å². The van der Waals surface area contributed by atoms with Crippen LogP contribution in [0.15, 0.2) is 18.3 Å². The summed E-state index contributed by atoms with van der Waals surface area (Å²) in [4.78, 5) is 6.52. The Hall–Kier alpha value is -1.09. The van der Waals surface area contributed by atoms with E-state index >= 15 is 0 Å². The van der Waals surface area contributed by atoms with Crippen molar-refractivity contribution in [2.24, 2.45) is 11.8 Å². The molecule has 0 bridgehead atoms. The van der Waals surface area contributed by atoms with Gasteiger partial charge in [0.2, 0.25) is 0 Å². The summed E-state index contributed by atoms with van der Waals surface area (Å²) in [5.74, 6) is 2.64. The SMILES string of the molecule is CC(O)c1ccnc(N(C)CC2CC2C)c1. The fourth-order valence-corrected chi connectivity index (χ4v) is 2.00. The molecule has 1 aromatic heterocycles. The molecule has 1 aliphatic rings. The van der Waals surface area contributed by atoms with Gasteiger partial charge in [-0.05, 0) is 42.9 Å². The highest BCUT2D eigenvalue weighted by Crippen LogP contribution is 2.38. The van der Waals surface area contributed by atoms with Crippen LogP contribution in [0, 0.1) is 11.8 Å². The second-order valence-corrected chi connectivity index (χ2v) is 4.98. The Balaban J connectivity index is 2.04. The van der Waals surface area contributed by atoms with Gasteiger partial charge in [0.25, 0.3) is 0 Å². The molecule has 1 fully saturated rings. The molecule has 0 aromatic carbocycles. The third-order valence-electron chi connectivity index (χ3n) is 3.43.